The fraction of sp³-hybridized carbons (Fsp3) is 0.611. The molecule has 1 aromatic rings. The first-order valence-corrected chi connectivity index (χ1v) is 8.13. The van der Waals surface area contributed by atoms with Gasteiger partial charge in [0.1, 0.15) is 0 Å². The van der Waals surface area contributed by atoms with Crippen molar-refractivity contribution in [2.45, 2.75) is 38.1 Å². The number of carbonyl (C=O) groups excluding carboxylic acids is 1. The van der Waals surface area contributed by atoms with Crippen LogP contribution in [-0.4, -0.2) is 51.2 Å². The van der Waals surface area contributed by atoms with Gasteiger partial charge in [-0.15, -0.1) is 0 Å². The second-order valence-corrected chi connectivity index (χ2v) is 6.57. The molecule has 1 fully saturated rings. The van der Waals surface area contributed by atoms with Crippen molar-refractivity contribution in [3.05, 3.63) is 23.8 Å². The molecule has 1 N–H and O–H groups in total. The largest absolute Gasteiger partial charge is 0.493 e. The average Bonchev–Trinajstić information content (AvgIpc) is 2.60. The predicted molar refractivity (Wildman–Crippen MR) is 91.2 cm³/mol. The number of nitrogens with one attached hydrogen (secondary N) is 1. The Labute approximate surface area is 139 Å². The summed E-state index contributed by atoms with van der Waals surface area (Å²) in [5, 5.41) is 3.28. The van der Waals surface area contributed by atoms with E-state index in [0.29, 0.717) is 17.5 Å². The molecular formula is C18H28N2O3. The number of hydrogen-bond acceptors (Lipinski definition) is 4. The van der Waals surface area contributed by atoms with Gasteiger partial charge in [0.2, 0.25) is 5.91 Å². The maximum Gasteiger partial charge on any atom is 0.232 e. The zero-order valence-electron chi connectivity index (χ0n) is 14.8. The molecule has 1 saturated heterocycles. The summed E-state index contributed by atoms with van der Waals surface area (Å²) >= 11 is 0. The van der Waals surface area contributed by atoms with E-state index in [1.54, 1.807) is 14.2 Å². The second-order valence-electron chi connectivity index (χ2n) is 6.57. The van der Waals surface area contributed by atoms with Gasteiger partial charge in [-0.2, -0.15) is 0 Å². The first-order chi connectivity index (χ1) is 10.9. The Bertz CT molecular complexity index is 557. The Morgan fingerprint density at radius 1 is 1.26 bits per heavy atom. The number of piperidine rings is 1. The lowest BCUT2D eigenvalue weighted by atomic mass is 9.82. The molecule has 1 amide bonds. The summed E-state index contributed by atoms with van der Waals surface area (Å²) in [6.07, 6.45) is 2.16. The van der Waals surface area contributed by atoms with E-state index in [-0.39, 0.29) is 5.91 Å². The molecule has 5 nitrogen and oxygen atoms in total. The minimum absolute atomic E-state index is 0.157. The van der Waals surface area contributed by atoms with Crippen molar-refractivity contribution in [3.8, 4) is 11.5 Å². The highest BCUT2D eigenvalue weighted by molar-refractivity contribution is 5.87. The third kappa shape index (κ3) is 3.61. The predicted octanol–water partition coefficient (Wildman–Crippen LogP) is 2.19. The molecule has 1 atom stereocenters. The highest BCUT2D eigenvalue weighted by Crippen LogP contribution is 2.34. The number of rotatable bonds is 5. The monoisotopic (exact) mass is 320 g/mol. The van der Waals surface area contributed by atoms with Crippen molar-refractivity contribution in [3.63, 3.8) is 0 Å². The summed E-state index contributed by atoms with van der Waals surface area (Å²) in [5.41, 5.74) is 0.335. The number of amides is 1. The topological polar surface area (TPSA) is 50.8 Å². The van der Waals surface area contributed by atoms with Crippen LogP contribution in [0.1, 0.15) is 32.3 Å². The fourth-order valence-corrected chi connectivity index (χ4v) is 3.14. The Morgan fingerprint density at radius 3 is 2.57 bits per heavy atom. The molecule has 1 heterocycles. The van der Waals surface area contributed by atoms with Crippen molar-refractivity contribution in [2.75, 3.05) is 34.4 Å². The molecule has 0 saturated carbocycles. The SMILES string of the molecule is CN[C@H]1CCCN(C(=O)C(C)(C)c2ccc(OC)c(OC)c2)C1. The van der Waals surface area contributed by atoms with Crippen LogP contribution in [0.15, 0.2) is 18.2 Å². The summed E-state index contributed by atoms with van der Waals surface area (Å²) in [6, 6.07) is 6.08. The van der Waals surface area contributed by atoms with E-state index < -0.39 is 5.41 Å². The van der Waals surface area contributed by atoms with E-state index in [1.165, 1.54) is 0 Å². The van der Waals surface area contributed by atoms with Gasteiger partial charge in [0.15, 0.2) is 11.5 Å². The van der Waals surface area contributed by atoms with Crippen LogP contribution in [0.25, 0.3) is 0 Å². The van der Waals surface area contributed by atoms with Crippen LogP contribution in [0.4, 0.5) is 0 Å². The molecule has 0 unspecified atom stereocenters. The Morgan fingerprint density at radius 2 is 1.96 bits per heavy atom. The van der Waals surface area contributed by atoms with Gasteiger partial charge < -0.3 is 19.7 Å². The third-order valence-electron chi connectivity index (χ3n) is 4.76. The molecule has 2 rings (SSSR count). The molecule has 0 spiro atoms. The Balaban J connectivity index is 2.24. The summed E-state index contributed by atoms with van der Waals surface area (Å²) < 4.78 is 10.7. The second kappa shape index (κ2) is 7.21. The minimum Gasteiger partial charge on any atom is -0.493 e. The van der Waals surface area contributed by atoms with Gasteiger partial charge in [-0.05, 0) is 51.4 Å². The van der Waals surface area contributed by atoms with Crippen molar-refractivity contribution in [1.82, 2.24) is 10.2 Å². The lowest BCUT2D eigenvalue weighted by molar-refractivity contribution is -0.137. The summed E-state index contributed by atoms with van der Waals surface area (Å²) in [7, 11) is 5.18. The zero-order chi connectivity index (χ0) is 17.0. The number of benzene rings is 1. The number of methoxy groups -OCH3 is 2. The van der Waals surface area contributed by atoms with Crippen LogP contribution in [0, 0.1) is 0 Å². The smallest absolute Gasteiger partial charge is 0.232 e. The fourth-order valence-electron chi connectivity index (χ4n) is 3.14. The number of ether oxygens (including phenoxy) is 2. The molecule has 0 radical (unpaired) electrons. The van der Waals surface area contributed by atoms with Crippen LogP contribution in [-0.2, 0) is 10.2 Å². The first-order valence-electron chi connectivity index (χ1n) is 8.13. The molecule has 128 valence electrons. The number of likely N-dealkylation sites (tertiary alicyclic amines) is 1. The highest BCUT2D eigenvalue weighted by atomic mass is 16.5. The third-order valence-corrected chi connectivity index (χ3v) is 4.76. The molecule has 5 heteroatoms. The number of likely N-dealkylation sites (N-methyl/N-ethyl adjacent to an activating group) is 1. The molecule has 1 aliphatic rings. The van der Waals surface area contributed by atoms with Crippen molar-refractivity contribution in [2.24, 2.45) is 0 Å². The van der Waals surface area contributed by atoms with Gasteiger partial charge in [0.05, 0.1) is 19.6 Å². The number of hydrogen-bond donors (Lipinski definition) is 1. The molecule has 1 aromatic carbocycles. The first kappa shape index (κ1) is 17.6. The molecule has 1 aliphatic heterocycles. The number of nitrogens with zero attached hydrogens (tertiary/aromatic N) is 1. The summed E-state index contributed by atoms with van der Waals surface area (Å²) in [6.45, 7) is 5.54. The van der Waals surface area contributed by atoms with Crippen LogP contribution >= 0.6 is 0 Å². The maximum atomic E-state index is 13.1. The Kier molecular flexibility index (Phi) is 5.52. The normalized spacial score (nSPS) is 18.7. The van der Waals surface area contributed by atoms with E-state index in [1.807, 2.05) is 44.0 Å². The minimum atomic E-state index is -0.602. The molecule has 23 heavy (non-hydrogen) atoms. The van der Waals surface area contributed by atoms with Gasteiger partial charge in [-0.3, -0.25) is 4.79 Å². The highest BCUT2D eigenvalue weighted by Gasteiger charge is 2.36. The van der Waals surface area contributed by atoms with Crippen LogP contribution < -0.4 is 14.8 Å². The molecule has 0 aromatic heterocycles. The maximum absolute atomic E-state index is 13.1. The number of carbonyl (C=O) groups is 1. The summed E-state index contributed by atoms with van der Waals surface area (Å²) in [5.74, 6) is 1.48. The molecular weight excluding hydrogens is 292 g/mol. The van der Waals surface area contributed by atoms with Crippen molar-refractivity contribution in [1.29, 1.82) is 0 Å². The Hall–Kier alpha value is -1.75. The molecule has 0 aliphatic carbocycles. The van der Waals surface area contributed by atoms with E-state index in [2.05, 4.69) is 5.32 Å². The van der Waals surface area contributed by atoms with Gasteiger partial charge in [0.25, 0.3) is 0 Å². The van der Waals surface area contributed by atoms with Crippen molar-refractivity contribution < 1.29 is 14.3 Å². The van der Waals surface area contributed by atoms with Crippen LogP contribution in [0.3, 0.4) is 0 Å². The van der Waals surface area contributed by atoms with Gasteiger partial charge in [-0.1, -0.05) is 6.07 Å². The van der Waals surface area contributed by atoms with Crippen LogP contribution in [0.5, 0.6) is 11.5 Å². The van der Waals surface area contributed by atoms with Gasteiger partial charge in [0, 0.05) is 19.1 Å². The standard InChI is InChI=1S/C18H28N2O3/c1-18(2,13-8-9-15(22-4)16(11-13)23-5)17(21)20-10-6-7-14(12-20)19-3/h8-9,11,14,19H,6-7,10,12H2,1-5H3/t14-/m0/s1. The van der Waals surface area contributed by atoms with Gasteiger partial charge >= 0.3 is 0 Å². The van der Waals surface area contributed by atoms with E-state index in [9.17, 15) is 4.79 Å². The quantitative estimate of drug-likeness (QED) is 0.903. The lowest BCUT2D eigenvalue weighted by Crippen LogP contribution is -2.51. The average molecular weight is 320 g/mol. The summed E-state index contributed by atoms with van der Waals surface area (Å²) in [4.78, 5) is 15.0. The van der Waals surface area contributed by atoms with Crippen LogP contribution in [0.2, 0.25) is 0 Å². The lowest BCUT2D eigenvalue weighted by Gasteiger charge is -2.38. The van der Waals surface area contributed by atoms with E-state index in [4.69, 9.17) is 9.47 Å². The molecule has 0 bridgehead atoms. The van der Waals surface area contributed by atoms with Crippen molar-refractivity contribution >= 4 is 5.91 Å². The van der Waals surface area contributed by atoms with E-state index in [0.717, 1.165) is 31.5 Å². The van der Waals surface area contributed by atoms with Gasteiger partial charge in [-0.25, -0.2) is 0 Å². The van der Waals surface area contributed by atoms with E-state index >= 15 is 0 Å². The zero-order valence-corrected chi connectivity index (χ0v) is 14.8.